The van der Waals surface area contributed by atoms with E-state index in [4.69, 9.17) is 94.7 Å². The molecular weight excluding hydrogens is 1460 g/mol. The number of amides is 3. The maximum atomic E-state index is 15.0. The van der Waals surface area contributed by atoms with Gasteiger partial charge in [-0.2, -0.15) is 9.13 Å². The van der Waals surface area contributed by atoms with Crippen LogP contribution in [0.15, 0.2) is 36.8 Å². The van der Waals surface area contributed by atoms with E-state index in [-0.39, 0.29) is 63.5 Å². The van der Waals surface area contributed by atoms with E-state index in [1.807, 2.05) is 20.8 Å². The molecule has 6 rings (SSSR count). The van der Waals surface area contributed by atoms with Crippen molar-refractivity contribution in [2.24, 2.45) is 0 Å². The highest BCUT2D eigenvalue weighted by atomic mass is 19.3. The third-order valence-electron chi connectivity index (χ3n) is 16.7. The number of carbonyl (C=O) groups is 8. The van der Waals surface area contributed by atoms with E-state index in [0.29, 0.717) is 25.9 Å². The molecule has 12 unspecified atom stereocenters. The Morgan fingerprint density at radius 1 is 0.514 bits per heavy atom. The molecule has 3 aliphatic rings. The van der Waals surface area contributed by atoms with Crippen LogP contribution in [0.2, 0.25) is 0 Å². The fourth-order valence-corrected chi connectivity index (χ4v) is 11.1. The number of unbranched alkanes of at least 4 members (excludes halogenated alkanes) is 3. The molecule has 3 fully saturated rings. The number of pyridine rings is 3. The number of nitrogens with zero attached hydrogens (tertiary/aromatic N) is 3. The molecule has 0 saturated carbocycles. The molecule has 4 N–H and O–H groups in total. The number of alkyl halides is 4. The van der Waals surface area contributed by atoms with Gasteiger partial charge in [0.15, 0.2) is 59.2 Å². The maximum absolute atomic E-state index is 15.0. The van der Waals surface area contributed by atoms with Crippen molar-refractivity contribution in [2.75, 3.05) is 128 Å². The topological polar surface area (TPSA) is 398 Å². The van der Waals surface area contributed by atoms with E-state index in [2.05, 4.69) is 20.9 Å². The van der Waals surface area contributed by atoms with Gasteiger partial charge < -0.3 is 116 Å². The third kappa shape index (κ3) is 27.4. The first-order valence-corrected chi connectivity index (χ1v) is 35.4. The van der Waals surface area contributed by atoms with Crippen LogP contribution in [0, 0.1) is 0 Å². The molecular formula is C70H100F4N6O29+2. The molecule has 6 heterocycles. The summed E-state index contributed by atoms with van der Waals surface area (Å²) in [7, 11) is 5.06. The molecule has 3 saturated heterocycles. The SMILES string of the molecule is CCCCOC1COCC(NC(=O)c2nccc(OC)c2OCOC(=O)C[n+]2ccc(OC)c(OCOC(=O)C[n+]3ccc(OC)c(O)c3C(=O)NC3COCC(OCCCC)C(OCC(F)F)C(C)OC3=O)c2C(=O)NC2COCC(OCCCC)C(OCCOC)C(C)OC2=O)C(=O)OC(C)C1OCC(F)F. The van der Waals surface area contributed by atoms with E-state index in [1.54, 1.807) is 6.92 Å². The van der Waals surface area contributed by atoms with Gasteiger partial charge >= 0.3 is 53.0 Å². The summed E-state index contributed by atoms with van der Waals surface area (Å²) in [6, 6.07) is -1.00. The number of methoxy groups -OCH3 is 4. The molecule has 39 heteroatoms. The molecule has 12 atom stereocenters. The summed E-state index contributed by atoms with van der Waals surface area (Å²) in [4.78, 5) is 117. The number of hydrogen-bond donors (Lipinski definition) is 4. The zero-order valence-corrected chi connectivity index (χ0v) is 62.5. The zero-order chi connectivity index (χ0) is 79.5. The van der Waals surface area contributed by atoms with Crippen molar-refractivity contribution in [3.63, 3.8) is 0 Å². The number of ether oxygens (including phenoxy) is 20. The summed E-state index contributed by atoms with van der Waals surface area (Å²) in [6.07, 6.45) is -7.40. The number of aromatic nitrogens is 3. The molecule has 3 amide bonds. The molecule has 0 bridgehead atoms. The van der Waals surface area contributed by atoms with Crippen LogP contribution < -0.4 is 48.8 Å². The number of esters is 5. The van der Waals surface area contributed by atoms with Gasteiger partial charge in [-0.05, 0) is 40.0 Å². The van der Waals surface area contributed by atoms with E-state index in [1.165, 1.54) is 72.9 Å². The summed E-state index contributed by atoms with van der Waals surface area (Å²) < 4.78 is 169. The Morgan fingerprint density at radius 3 is 1.33 bits per heavy atom. The smallest absolute Gasteiger partial charge is 0.375 e. The van der Waals surface area contributed by atoms with E-state index >= 15 is 4.79 Å². The Bertz CT molecular complexity index is 3410. The van der Waals surface area contributed by atoms with Crippen molar-refractivity contribution >= 4 is 47.6 Å². The van der Waals surface area contributed by atoms with Gasteiger partial charge in [-0.3, -0.25) is 14.4 Å². The Labute approximate surface area is 626 Å². The highest BCUT2D eigenvalue weighted by Gasteiger charge is 2.43. The van der Waals surface area contributed by atoms with Crippen LogP contribution in [-0.2, 0) is 108 Å². The van der Waals surface area contributed by atoms with Gasteiger partial charge in [-0.15, -0.1) is 0 Å². The molecule has 3 aromatic heterocycles. The van der Waals surface area contributed by atoms with Crippen LogP contribution in [0.1, 0.15) is 112 Å². The van der Waals surface area contributed by atoms with Gasteiger partial charge in [0.25, 0.3) is 18.8 Å². The first kappa shape index (κ1) is 89.2. The summed E-state index contributed by atoms with van der Waals surface area (Å²) in [5, 5.41) is 18.9. The normalized spacial score (nSPS) is 22.9. The molecule has 0 aromatic carbocycles. The van der Waals surface area contributed by atoms with Gasteiger partial charge in [-0.1, -0.05) is 40.0 Å². The van der Waals surface area contributed by atoms with Gasteiger partial charge in [0.1, 0.15) is 68.1 Å². The van der Waals surface area contributed by atoms with Crippen LogP contribution in [0.3, 0.4) is 0 Å². The quantitative estimate of drug-likeness (QED) is 0.0158. The monoisotopic (exact) mass is 1560 g/mol. The first-order chi connectivity index (χ1) is 52.4. The Morgan fingerprint density at radius 2 is 0.908 bits per heavy atom. The second kappa shape index (κ2) is 46.7. The van der Waals surface area contributed by atoms with Gasteiger partial charge in [-0.25, -0.2) is 46.5 Å². The van der Waals surface area contributed by atoms with E-state index in [9.17, 15) is 56.2 Å². The number of hydrogen-bond acceptors (Lipinski definition) is 30. The summed E-state index contributed by atoms with van der Waals surface area (Å²) in [5.74, 6) is -11.2. The third-order valence-corrected chi connectivity index (χ3v) is 16.7. The van der Waals surface area contributed by atoms with Crippen LogP contribution in [0.5, 0.6) is 34.5 Å². The van der Waals surface area contributed by atoms with Crippen molar-refractivity contribution in [3.8, 4) is 34.5 Å². The van der Waals surface area contributed by atoms with Crippen LogP contribution in [0.25, 0.3) is 0 Å². The predicted molar refractivity (Wildman–Crippen MR) is 362 cm³/mol. The van der Waals surface area contributed by atoms with Crippen molar-refractivity contribution in [1.82, 2.24) is 20.9 Å². The average Bonchev–Trinajstić information content (AvgIpc) is 0.888. The van der Waals surface area contributed by atoms with Crippen molar-refractivity contribution in [3.05, 3.63) is 53.9 Å². The fourth-order valence-electron chi connectivity index (χ4n) is 11.1. The number of halogens is 4. The zero-order valence-electron chi connectivity index (χ0n) is 62.5. The summed E-state index contributed by atoms with van der Waals surface area (Å²) >= 11 is 0. The number of rotatable bonds is 41. The number of aromatic hydroxyl groups is 1. The second-order valence-electron chi connectivity index (χ2n) is 24.8. The molecule has 3 aromatic rings. The fraction of sp³-hybridized carbons (Fsp3) is 0.671. The van der Waals surface area contributed by atoms with Gasteiger partial charge in [0.2, 0.25) is 38.2 Å². The lowest BCUT2D eigenvalue weighted by Gasteiger charge is -2.30. The Hall–Kier alpha value is -8.67. The average molecular weight is 1570 g/mol. The standard InChI is InChI=1S/C70H98F4N6O29/c1-11-14-23-97-49-33-95-32-45(70(89)107-40(4)60(49)100-27-26-90-7)78-67(86)58-64(106-39-104-54(81)28-79-21-18-46(91-8)59(83)57(79)66(85)77-44-31-96-35-51(99-25-16-13-3)62(102-37-53(73)74)42(6)109-69(44)88)48(93-10)19-22-80(58)29-55(82)103-38-105-63-47(92-9)17-20-75-56(63)65(84)76-43-30-94-34-50(98-24-15-12-2)61(101-36-52(71)72)41(5)108-68(43)87/h17-22,40-45,49-53,60-62H,11-16,23-39H2,1-10H3,(H2-2,76,77,78,83,84,85,86)/p+2. The Balaban J connectivity index is 1.25. The molecule has 0 aliphatic carbocycles. The number of carbonyl (C=O) groups excluding carboxylic acids is 8. The first-order valence-electron chi connectivity index (χ1n) is 35.4. The maximum Gasteiger partial charge on any atom is 0.375 e. The minimum Gasteiger partial charge on any atom is -0.500 e. The predicted octanol–water partition coefficient (Wildman–Crippen LogP) is 2.62. The largest absolute Gasteiger partial charge is 0.500 e. The van der Waals surface area contributed by atoms with Crippen LogP contribution in [-0.4, -0.2) is 271 Å². The molecule has 610 valence electrons. The molecule has 0 spiro atoms. The Kier molecular flexibility index (Phi) is 38.3. The van der Waals surface area contributed by atoms with Crippen molar-refractivity contribution < 1.29 is 165 Å². The lowest BCUT2D eigenvalue weighted by molar-refractivity contribution is -0.688. The van der Waals surface area contributed by atoms with Crippen molar-refractivity contribution in [1.29, 1.82) is 0 Å². The number of cyclic esters (lactones) is 3. The lowest BCUT2D eigenvalue weighted by atomic mass is 10.1. The summed E-state index contributed by atoms with van der Waals surface area (Å²) in [5.41, 5.74) is -1.75. The van der Waals surface area contributed by atoms with E-state index in [0.717, 1.165) is 34.6 Å². The van der Waals surface area contributed by atoms with Crippen LogP contribution >= 0.6 is 0 Å². The highest BCUT2D eigenvalue weighted by molar-refractivity contribution is 5.99. The van der Waals surface area contributed by atoms with Gasteiger partial charge in [0.05, 0.1) is 74.2 Å². The molecule has 3 aliphatic heterocycles. The summed E-state index contributed by atoms with van der Waals surface area (Å²) in [6.45, 7) is 3.09. The second-order valence-corrected chi connectivity index (χ2v) is 24.8. The van der Waals surface area contributed by atoms with Crippen molar-refractivity contribution in [2.45, 2.75) is 179 Å². The molecule has 35 nitrogen and oxygen atoms in total. The highest BCUT2D eigenvalue weighted by Crippen LogP contribution is 2.33. The molecule has 0 radical (unpaired) electrons. The minimum atomic E-state index is -2.88. The lowest BCUT2D eigenvalue weighted by Crippen LogP contribution is -2.52. The van der Waals surface area contributed by atoms with Crippen LogP contribution in [0.4, 0.5) is 17.6 Å². The van der Waals surface area contributed by atoms with Gasteiger partial charge in [0, 0.05) is 51.3 Å². The molecule has 109 heavy (non-hydrogen) atoms. The minimum absolute atomic E-state index is 0.0847. The van der Waals surface area contributed by atoms with E-state index < -0.39 is 228 Å². The number of nitrogens with one attached hydrogen (secondary N) is 3.